The number of amides is 1. The van der Waals surface area contributed by atoms with Gasteiger partial charge in [0.1, 0.15) is 0 Å². The van der Waals surface area contributed by atoms with Crippen molar-refractivity contribution in [3.63, 3.8) is 0 Å². The fourth-order valence-electron chi connectivity index (χ4n) is 1.57. The minimum Gasteiger partial charge on any atom is -0.481 e. The van der Waals surface area contributed by atoms with Gasteiger partial charge < -0.3 is 15.7 Å². The van der Waals surface area contributed by atoms with Crippen LogP contribution in [0.4, 0.5) is 0 Å². The first-order chi connectivity index (χ1) is 7.59. The number of nitrogens with one attached hydrogen (secondary N) is 2. The molecule has 1 rings (SSSR count). The Balaban J connectivity index is 2.00. The number of hydrogen-bond acceptors (Lipinski definition) is 3. The number of carbonyl (C=O) groups excluding carboxylic acids is 1. The summed E-state index contributed by atoms with van der Waals surface area (Å²) in [5, 5.41) is 14.4. The molecule has 16 heavy (non-hydrogen) atoms. The van der Waals surface area contributed by atoms with E-state index in [1.807, 2.05) is 6.92 Å². The van der Waals surface area contributed by atoms with Crippen molar-refractivity contribution >= 4 is 11.9 Å². The van der Waals surface area contributed by atoms with Crippen molar-refractivity contribution in [2.45, 2.75) is 26.2 Å². The van der Waals surface area contributed by atoms with Crippen LogP contribution >= 0.6 is 0 Å². The second-order valence-corrected chi connectivity index (χ2v) is 4.47. The highest BCUT2D eigenvalue weighted by molar-refractivity contribution is 5.79. The summed E-state index contributed by atoms with van der Waals surface area (Å²) < 4.78 is 0. The minimum absolute atomic E-state index is 0.115. The lowest BCUT2D eigenvalue weighted by atomic mass is 10.0. The molecule has 1 atom stereocenters. The van der Waals surface area contributed by atoms with Crippen LogP contribution in [0.3, 0.4) is 0 Å². The zero-order valence-electron chi connectivity index (χ0n) is 9.66. The molecule has 1 amide bonds. The van der Waals surface area contributed by atoms with Gasteiger partial charge in [-0.25, -0.2) is 0 Å². The molecule has 0 aliphatic carbocycles. The van der Waals surface area contributed by atoms with Gasteiger partial charge in [-0.1, -0.05) is 6.92 Å². The van der Waals surface area contributed by atoms with Crippen LogP contribution in [0.5, 0.6) is 0 Å². The van der Waals surface area contributed by atoms with Crippen LogP contribution < -0.4 is 10.6 Å². The largest absolute Gasteiger partial charge is 0.481 e. The van der Waals surface area contributed by atoms with E-state index in [2.05, 4.69) is 10.6 Å². The highest BCUT2D eigenvalue weighted by Crippen LogP contribution is 2.09. The summed E-state index contributed by atoms with van der Waals surface area (Å²) in [5.41, 5.74) is 0. The Morgan fingerprint density at radius 1 is 1.44 bits per heavy atom. The van der Waals surface area contributed by atoms with Crippen molar-refractivity contribution in [1.82, 2.24) is 10.6 Å². The van der Waals surface area contributed by atoms with Gasteiger partial charge in [0.25, 0.3) is 0 Å². The predicted octanol–water partition coefficient (Wildman–Crippen LogP) is 0.213. The molecule has 5 nitrogen and oxygen atoms in total. The van der Waals surface area contributed by atoms with E-state index in [9.17, 15) is 9.59 Å². The van der Waals surface area contributed by atoms with E-state index >= 15 is 0 Å². The van der Waals surface area contributed by atoms with Crippen molar-refractivity contribution in [2.24, 2.45) is 11.8 Å². The number of hydrogen-bond donors (Lipinski definition) is 3. The van der Waals surface area contributed by atoms with Crippen LogP contribution in [0.2, 0.25) is 0 Å². The monoisotopic (exact) mass is 228 g/mol. The van der Waals surface area contributed by atoms with Crippen molar-refractivity contribution in [3.8, 4) is 0 Å². The van der Waals surface area contributed by atoms with Crippen LogP contribution in [0.1, 0.15) is 26.2 Å². The Morgan fingerprint density at radius 2 is 2.12 bits per heavy atom. The first-order valence-electron chi connectivity index (χ1n) is 5.80. The van der Waals surface area contributed by atoms with E-state index in [0.29, 0.717) is 18.9 Å². The highest BCUT2D eigenvalue weighted by atomic mass is 16.4. The van der Waals surface area contributed by atoms with Crippen LogP contribution in [0.25, 0.3) is 0 Å². The molecular formula is C11H20N2O3. The Labute approximate surface area is 95.6 Å². The Morgan fingerprint density at radius 3 is 2.62 bits per heavy atom. The van der Waals surface area contributed by atoms with Crippen molar-refractivity contribution in [1.29, 1.82) is 0 Å². The molecule has 0 aromatic heterocycles. The first-order valence-corrected chi connectivity index (χ1v) is 5.80. The van der Waals surface area contributed by atoms with Gasteiger partial charge in [0.05, 0.1) is 5.92 Å². The van der Waals surface area contributed by atoms with Gasteiger partial charge in [-0.15, -0.1) is 0 Å². The fraction of sp³-hybridized carbons (Fsp3) is 0.818. The van der Waals surface area contributed by atoms with Gasteiger partial charge in [0.2, 0.25) is 5.91 Å². The molecule has 0 bridgehead atoms. The molecule has 1 fully saturated rings. The highest BCUT2D eigenvalue weighted by Gasteiger charge is 2.24. The van der Waals surface area contributed by atoms with E-state index in [1.54, 1.807) is 0 Å². The molecule has 92 valence electrons. The zero-order chi connectivity index (χ0) is 12.0. The van der Waals surface area contributed by atoms with E-state index in [1.165, 1.54) is 0 Å². The average Bonchev–Trinajstić information content (AvgIpc) is 2.11. The van der Waals surface area contributed by atoms with E-state index in [0.717, 1.165) is 19.5 Å². The number of carbonyl (C=O) groups is 2. The average molecular weight is 228 g/mol. The van der Waals surface area contributed by atoms with Gasteiger partial charge in [0.15, 0.2) is 0 Å². The summed E-state index contributed by atoms with van der Waals surface area (Å²) >= 11 is 0. The lowest BCUT2D eigenvalue weighted by Crippen LogP contribution is -2.50. The third-order valence-corrected chi connectivity index (χ3v) is 2.94. The number of carboxylic acid groups (broad SMARTS) is 1. The molecule has 0 aromatic rings. The third-order valence-electron chi connectivity index (χ3n) is 2.94. The van der Waals surface area contributed by atoms with Crippen LogP contribution in [0, 0.1) is 11.8 Å². The Kier molecular flexibility index (Phi) is 5.25. The molecule has 1 aliphatic rings. The summed E-state index contributed by atoms with van der Waals surface area (Å²) in [4.78, 5) is 21.8. The summed E-state index contributed by atoms with van der Waals surface area (Å²) in [7, 11) is 0. The molecule has 3 N–H and O–H groups in total. The molecule has 5 heteroatoms. The van der Waals surface area contributed by atoms with Gasteiger partial charge in [-0.2, -0.15) is 0 Å². The predicted molar refractivity (Wildman–Crippen MR) is 60.0 cm³/mol. The lowest BCUT2D eigenvalue weighted by Gasteiger charge is -2.26. The second kappa shape index (κ2) is 6.48. The minimum atomic E-state index is -0.753. The van der Waals surface area contributed by atoms with Crippen molar-refractivity contribution in [3.05, 3.63) is 0 Å². The quantitative estimate of drug-likeness (QED) is 0.582. The van der Waals surface area contributed by atoms with Gasteiger partial charge in [0, 0.05) is 26.1 Å². The normalized spacial score (nSPS) is 17.6. The Hall–Kier alpha value is -1.10. The fourth-order valence-corrected chi connectivity index (χ4v) is 1.57. The van der Waals surface area contributed by atoms with Crippen molar-refractivity contribution in [2.75, 3.05) is 19.6 Å². The van der Waals surface area contributed by atoms with Gasteiger partial charge in [-0.3, -0.25) is 9.59 Å². The standard InChI is InChI=1S/C11H20N2O3/c1-8(2-3-10(14)15)4-5-13-11(16)9-6-12-7-9/h8-9,12H,2-7H2,1H3,(H,13,16)(H,14,15). The van der Waals surface area contributed by atoms with Crippen LogP contribution in [-0.2, 0) is 9.59 Å². The van der Waals surface area contributed by atoms with Gasteiger partial charge in [-0.05, 0) is 18.8 Å². The maximum absolute atomic E-state index is 11.4. The second-order valence-electron chi connectivity index (χ2n) is 4.47. The molecule has 0 saturated carbocycles. The maximum Gasteiger partial charge on any atom is 0.303 e. The number of rotatable bonds is 7. The number of carboxylic acids is 1. The summed E-state index contributed by atoms with van der Waals surface area (Å²) in [6.45, 7) is 4.22. The summed E-state index contributed by atoms with van der Waals surface area (Å²) in [6.07, 6.45) is 1.73. The molecule has 1 heterocycles. The topological polar surface area (TPSA) is 78.4 Å². The molecule has 1 aliphatic heterocycles. The van der Waals surface area contributed by atoms with Crippen LogP contribution in [0.15, 0.2) is 0 Å². The Bertz CT molecular complexity index is 252. The third kappa shape index (κ3) is 4.61. The smallest absolute Gasteiger partial charge is 0.303 e. The first kappa shape index (κ1) is 13.0. The molecule has 0 aromatic carbocycles. The molecule has 0 spiro atoms. The van der Waals surface area contributed by atoms with E-state index in [4.69, 9.17) is 5.11 Å². The lowest BCUT2D eigenvalue weighted by molar-refractivity contribution is -0.137. The number of aliphatic carboxylic acids is 1. The summed E-state index contributed by atoms with van der Waals surface area (Å²) in [6, 6.07) is 0. The molecule has 0 radical (unpaired) electrons. The molecule has 1 saturated heterocycles. The molecule has 1 unspecified atom stereocenters. The van der Waals surface area contributed by atoms with E-state index in [-0.39, 0.29) is 18.2 Å². The van der Waals surface area contributed by atoms with Crippen LogP contribution in [-0.4, -0.2) is 36.6 Å². The zero-order valence-corrected chi connectivity index (χ0v) is 9.66. The molecular weight excluding hydrogens is 208 g/mol. The van der Waals surface area contributed by atoms with E-state index < -0.39 is 5.97 Å². The van der Waals surface area contributed by atoms with Gasteiger partial charge >= 0.3 is 5.97 Å². The van der Waals surface area contributed by atoms with Crippen molar-refractivity contribution < 1.29 is 14.7 Å². The SMILES string of the molecule is CC(CCNC(=O)C1CNC1)CCC(=O)O. The maximum atomic E-state index is 11.4. The summed E-state index contributed by atoms with van der Waals surface area (Å²) in [5.74, 6) is -0.161.